The maximum absolute atomic E-state index is 12.8. The van der Waals surface area contributed by atoms with Gasteiger partial charge in [-0.05, 0) is 30.9 Å². The van der Waals surface area contributed by atoms with Crippen LogP contribution in [-0.4, -0.2) is 63.6 Å². The van der Waals surface area contributed by atoms with Gasteiger partial charge in [0.05, 0.1) is 17.8 Å². The first kappa shape index (κ1) is 19.7. The van der Waals surface area contributed by atoms with Crippen molar-refractivity contribution >= 4 is 11.7 Å². The number of hydrogen-bond donors (Lipinski definition) is 1. The van der Waals surface area contributed by atoms with E-state index in [9.17, 15) is 18.0 Å². The molecule has 1 atom stereocenters. The van der Waals surface area contributed by atoms with E-state index in [2.05, 4.69) is 20.4 Å². The number of carbonyl (C=O) groups is 1. The largest absolute Gasteiger partial charge is 0.393 e. The van der Waals surface area contributed by atoms with Crippen molar-refractivity contribution < 1.29 is 18.0 Å². The molecule has 1 amide bonds. The number of aromatic nitrogens is 4. The van der Waals surface area contributed by atoms with Crippen LogP contribution in [-0.2, 0) is 11.2 Å². The van der Waals surface area contributed by atoms with E-state index in [4.69, 9.17) is 0 Å². The van der Waals surface area contributed by atoms with Gasteiger partial charge in [0.1, 0.15) is 5.82 Å². The SMILES string of the molecule is O=C(CCCc1cnn[nH]1)N1CC(c2ccc(N3CC[C@@H](C(F)(F)F)C3)nc2)C1. The molecule has 0 radical (unpaired) electrons. The highest BCUT2D eigenvalue weighted by Crippen LogP contribution is 2.35. The summed E-state index contributed by atoms with van der Waals surface area (Å²) in [6.07, 6.45) is 1.33. The number of nitrogens with one attached hydrogen (secondary N) is 1. The van der Waals surface area contributed by atoms with Gasteiger partial charge in [-0.25, -0.2) is 4.98 Å². The standard InChI is InChI=1S/C19H23F3N6O/c20-19(21,22)15-6-7-27(12-15)17-5-4-13(8-23-17)14-10-28(11-14)18(29)3-1-2-16-9-24-26-25-16/h4-5,8-9,14-15H,1-3,6-7,10-12H2,(H,24,25,26)/t15-/m1/s1. The van der Waals surface area contributed by atoms with E-state index < -0.39 is 12.1 Å². The second-order valence-electron chi connectivity index (χ2n) is 7.75. The maximum Gasteiger partial charge on any atom is 0.393 e. The van der Waals surface area contributed by atoms with E-state index in [0.717, 1.165) is 24.1 Å². The number of alkyl halides is 3. The molecule has 2 aromatic rings. The Morgan fingerprint density at radius 3 is 2.66 bits per heavy atom. The number of anilines is 1. The summed E-state index contributed by atoms with van der Waals surface area (Å²) in [6.45, 7) is 1.66. The molecule has 1 N–H and O–H groups in total. The summed E-state index contributed by atoms with van der Waals surface area (Å²) in [5.41, 5.74) is 1.94. The first-order valence-electron chi connectivity index (χ1n) is 9.80. The molecule has 156 valence electrons. The first-order chi connectivity index (χ1) is 13.9. The zero-order chi connectivity index (χ0) is 20.4. The smallest absolute Gasteiger partial charge is 0.356 e. The molecule has 4 rings (SSSR count). The average molecular weight is 408 g/mol. The molecule has 0 saturated carbocycles. The molecule has 2 fully saturated rings. The van der Waals surface area contributed by atoms with Crippen molar-refractivity contribution in [2.45, 2.75) is 37.8 Å². The van der Waals surface area contributed by atoms with Crippen LogP contribution in [0.2, 0.25) is 0 Å². The lowest BCUT2D eigenvalue weighted by atomic mass is 9.92. The molecule has 2 saturated heterocycles. The number of likely N-dealkylation sites (tertiary alicyclic amines) is 1. The zero-order valence-electron chi connectivity index (χ0n) is 15.9. The number of amides is 1. The van der Waals surface area contributed by atoms with E-state index in [1.54, 1.807) is 23.4 Å². The Balaban J connectivity index is 1.22. The molecule has 10 heteroatoms. The highest BCUT2D eigenvalue weighted by atomic mass is 19.4. The molecule has 29 heavy (non-hydrogen) atoms. The summed E-state index contributed by atoms with van der Waals surface area (Å²) in [6, 6.07) is 3.71. The number of pyridine rings is 1. The minimum atomic E-state index is -4.15. The molecular weight excluding hydrogens is 385 g/mol. The highest BCUT2D eigenvalue weighted by Gasteiger charge is 2.43. The summed E-state index contributed by atoms with van der Waals surface area (Å²) in [5, 5.41) is 10.1. The van der Waals surface area contributed by atoms with E-state index in [1.807, 2.05) is 11.0 Å². The topological polar surface area (TPSA) is 78.0 Å². The number of H-pyrrole nitrogens is 1. The fourth-order valence-corrected chi connectivity index (χ4v) is 3.88. The minimum absolute atomic E-state index is 0.0316. The van der Waals surface area contributed by atoms with Gasteiger partial charge in [-0.2, -0.15) is 13.2 Å². The lowest BCUT2D eigenvalue weighted by Gasteiger charge is -2.39. The first-order valence-corrected chi connectivity index (χ1v) is 9.80. The van der Waals surface area contributed by atoms with Crippen molar-refractivity contribution in [3.63, 3.8) is 0 Å². The second-order valence-corrected chi connectivity index (χ2v) is 7.75. The molecule has 4 heterocycles. The third kappa shape index (κ3) is 4.51. The quantitative estimate of drug-likeness (QED) is 0.795. The summed E-state index contributed by atoms with van der Waals surface area (Å²) < 4.78 is 38.5. The number of nitrogens with zero attached hydrogens (tertiary/aromatic N) is 5. The van der Waals surface area contributed by atoms with Crippen LogP contribution in [0.25, 0.3) is 0 Å². The fourth-order valence-electron chi connectivity index (χ4n) is 3.88. The van der Waals surface area contributed by atoms with Gasteiger partial charge in [0.25, 0.3) is 0 Å². The maximum atomic E-state index is 12.8. The van der Waals surface area contributed by atoms with E-state index in [-0.39, 0.29) is 24.8 Å². The van der Waals surface area contributed by atoms with Gasteiger partial charge >= 0.3 is 6.18 Å². The van der Waals surface area contributed by atoms with E-state index in [0.29, 0.717) is 31.9 Å². The Hall–Kier alpha value is -2.65. The highest BCUT2D eigenvalue weighted by molar-refractivity contribution is 5.77. The van der Waals surface area contributed by atoms with E-state index in [1.165, 1.54) is 0 Å². The van der Waals surface area contributed by atoms with Crippen LogP contribution in [0.4, 0.5) is 19.0 Å². The summed E-state index contributed by atoms with van der Waals surface area (Å²) in [4.78, 5) is 20.1. The third-order valence-corrected chi connectivity index (χ3v) is 5.75. The number of aryl methyl sites for hydroxylation is 1. The summed E-state index contributed by atoms with van der Waals surface area (Å²) >= 11 is 0. The van der Waals surface area contributed by atoms with Crippen molar-refractivity contribution in [1.82, 2.24) is 25.3 Å². The lowest BCUT2D eigenvalue weighted by molar-refractivity contribution is -0.168. The number of halogens is 3. The van der Waals surface area contributed by atoms with Crippen LogP contribution >= 0.6 is 0 Å². The monoisotopic (exact) mass is 408 g/mol. The summed E-state index contributed by atoms with van der Waals surface area (Å²) in [5.74, 6) is -0.326. The van der Waals surface area contributed by atoms with Gasteiger partial charge in [-0.1, -0.05) is 11.3 Å². The zero-order valence-corrected chi connectivity index (χ0v) is 15.9. The van der Waals surface area contributed by atoms with Gasteiger partial charge in [0.2, 0.25) is 5.91 Å². The Kier molecular flexibility index (Phi) is 5.42. The molecule has 7 nitrogen and oxygen atoms in total. The van der Waals surface area contributed by atoms with Crippen molar-refractivity contribution in [1.29, 1.82) is 0 Å². The van der Waals surface area contributed by atoms with Gasteiger partial charge in [-0.15, -0.1) is 5.10 Å². The number of carbonyl (C=O) groups excluding carboxylic acids is 1. The number of rotatable bonds is 6. The Morgan fingerprint density at radius 1 is 1.21 bits per heavy atom. The number of aromatic amines is 1. The van der Waals surface area contributed by atoms with Crippen LogP contribution in [0.3, 0.4) is 0 Å². The van der Waals surface area contributed by atoms with E-state index >= 15 is 0 Å². The van der Waals surface area contributed by atoms with Crippen LogP contribution in [0.5, 0.6) is 0 Å². The van der Waals surface area contributed by atoms with Crippen LogP contribution < -0.4 is 4.90 Å². The van der Waals surface area contributed by atoms with Gasteiger partial charge in [0, 0.05) is 44.7 Å². The molecule has 0 aliphatic carbocycles. The lowest BCUT2D eigenvalue weighted by Crippen LogP contribution is -2.48. The molecule has 0 spiro atoms. The molecule has 2 aliphatic heterocycles. The average Bonchev–Trinajstić information content (AvgIpc) is 3.33. The second kappa shape index (κ2) is 8.00. The Labute approximate surface area is 166 Å². The van der Waals surface area contributed by atoms with Crippen molar-refractivity contribution in [2.75, 3.05) is 31.1 Å². The molecule has 0 unspecified atom stereocenters. The fraction of sp³-hybridized carbons (Fsp3) is 0.579. The molecule has 0 bridgehead atoms. The predicted molar refractivity (Wildman–Crippen MR) is 99.3 cm³/mol. The molecule has 2 aromatic heterocycles. The third-order valence-electron chi connectivity index (χ3n) is 5.75. The normalized spacial score (nSPS) is 20.2. The van der Waals surface area contributed by atoms with Crippen molar-refractivity contribution in [3.05, 3.63) is 35.8 Å². The van der Waals surface area contributed by atoms with Crippen LogP contribution in [0.15, 0.2) is 24.5 Å². The van der Waals surface area contributed by atoms with Crippen molar-refractivity contribution in [3.8, 4) is 0 Å². The number of hydrogen-bond acceptors (Lipinski definition) is 5. The Bertz CT molecular complexity index is 817. The molecular formula is C19H23F3N6O. The minimum Gasteiger partial charge on any atom is -0.356 e. The van der Waals surface area contributed by atoms with Crippen LogP contribution in [0.1, 0.15) is 36.4 Å². The van der Waals surface area contributed by atoms with Gasteiger partial charge in [0.15, 0.2) is 0 Å². The predicted octanol–water partition coefficient (Wildman–Crippen LogP) is 2.54. The molecule has 0 aromatic carbocycles. The molecule has 2 aliphatic rings. The van der Waals surface area contributed by atoms with Gasteiger partial charge in [-0.3, -0.25) is 9.89 Å². The van der Waals surface area contributed by atoms with Crippen LogP contribution in [0, 0.1) is 5.92 Å². The summed E-state index contributed by atoms with van der Waals surface area (Å²) in [7, 11) is 0. The van der Waals surface area contributed by atoms with Crippen molar-refractivity contribution in [2.24, 2.45) is 5.92 Å². The Morgan fingerprint density at radius 2 is 2.03 bits per heavy atom. The van der Waals surface area contributed by atoms with Gasteiger partial charge < -0.3 is 9.80 Å².